The predicted octanol–water partition coefficient (Wildman–Crippen LogP) is 2.55. The molecule has 118 valence electrons. The smallest absolute Gasteiger partial charge is 0.259 e. The number of pyridine rings is 1. The van der Waals surface area contributed by atoms with E-state index < -0.39 is 0 Å². The number of aryl methyl sites for hydroxylation is 2. The normalized spacial score (nSPS) is 14.1. The molecule has 23 heavy (non-hydrogen) atoms. The van der Waals surface area contributed by atoms with Gasteiger partial charge >= 0.3 is 0 Å². The van der Waals surface area contributed by atoms with Crippen LogP contribution in [0, 0.1) is 0 Å². The highest BCUT2D eigenvalue weighted by atomic mass is 32.1. The summed E-state index contributed by atoms with van der Waals surface area (Å²) in [5.74, 6) is 0.692. The summed E-state index contributed by atoms with van der Waals surface area (Å²) in [5, 5.41) is 4.10. The molecule has 1 aliphatic carbocycles. The van der Waals surface area contributed by atoms with Crippen LogP contribution in [-0.2, 0) is 25.9 Å². The third-order valence-electron chi connectivity index (χ3n) is 4.20. The van der Waals surface area contributed by atoms with Gasteiger partial charge in [-0.25, -0.2) is 4.98 Å². The number of thiophene rings is 1. The molecule has 0 saturated carbocycles. The molecule has 0 unspecified atom stereocenters. The van der Waals surface area contributed by atoms with E-state index in [2.05, 4.69) is 20.3 Å². The lowest BCUT2D eigenvalue weighted by atomic mass is 9.97. The first-order chi connectivity index (χ1) is 11.3. The van der Waals surface area contributed by atoms with Crippen LogP contribution in [0.3, 0.4) is 0 Å². The van der Waals surface area contributed by atoms with Crippen LogP contribution in [0.5, 0.6) is 0 Å². The quantitative estimate of drug-likeness (QED) is 0.773. The SMILES string of the molecule is O=c1[nH]c(CNCc2ccccn2)nc2sc3c(c12)CCCC3. The highest BCUT2D eigenvalue weighted by molar-refractivity contribution is 7.18. The maximum Gasteiger partial charge on any atom is 0.259 e. The van der Waals surface area contributed by atoms with Gasteiger partial charge in [0.2, 0.25) is 0 Å². The Kier molecular flexibility index (Phi) is 3.93. The van der Waals surface area contributed by atoms with Gasteiger partial charge < -0.3 is 10.3 Å². The standard InChI is InChI=1S/C17H18N4OS/c22-16-15-12-6-1-2-7-13(12)23-17(15)21-14(20-16)10-18-9-11-5-3-4-8-19-11/h3-5,8,18H,1-2,6-7,9-10H2,(H,20,21,22). The number of aromatic nitrogens is 3. The third-order valence-corrected chi connectivity index (χ3v) is 5.38. The number of nitrogens with one attached hydrogen (secondary N) is 2. The van der Waals surface area contributed by atoms with E-state index in [9.17, 15) is 4.79 Å². The monoisotopic (exact) mass is 326 g/mol. The minimum atomic E-state index is 0.00374. The first-order valence-electron chi connectivity index (χ1n) is 7.95. The topological polar surface area (TPSA) is 70.7 Å². The van der Waals surface area contributed by atoms with Crippen LogP contribution < -0.4 is 10.9 Å². The van der Waals surface area contributed by atoms with Crippen molar-refractivity contribution in [2.75, 3.05) is 0 Å². The van der Waals surface area contributed by atoms with Crippen LogP contribution in [0.4, 0.5) is 0 Å². The number of rotatable bonds is 4. The first kappa shape index (κ1) is 14.5. The van der Waals surface area contributed by atoms with Gasteiger partial charge in [0.25, 0.3) is 5.56 Å². The number of nitrogens with zero attached hydrogens (tertiary/aromatic N) is 2. The number of hydrogen-bond acceptors (Lipinski definition) is 5. The molecule has 0 fully saturated rings. The Morgan fingerprint density at radius 1 is 1.22 bits per heavy atom. The van der Waals surface area contributed by atoms with Gasteiger partial charge in [0.05, 0.1) is 17.6 Å². The summed E-state index contributed by atoms with van der Waals surface area (Å²) in [6.45, 7) is 1.19. The van der Waals surface area contributed by atoms with Crippen molar-refractivity contribution < 1.29 is 0 Å². The van der Waals surface area contributed by atoms with Crippen molar-refractivity contribution in [2.45, 2.75) is 38.8 Å². The predicted molar refractivity (Wildman–Crippen MR) is 91.7 cm³/mol. The van der Waals surface area contributed by atoms with E-state index in [1.54, 1.807) is 17.5 Å². The fourth-order valence-electron chi connectivity index (χ4n) is 3.10. The molecular weight excluding hydrogens is 308 g/mol. The molecule has 0 aliphatic heterocycles. The Balaban J connectivity index is 1.55. The second-order valence-corrected chi connectivity index (χ2v) is 6.91. The van der Waals surface area contributed by atoms with Gasteiger partial charge in [-0.15, -0.1) is 11.3 Å². The van der Waals surface area contributed by atoms with E-state index in [0.29, 0.717) is 18.9 Å². The lowest BCUT2D eigenvalue weighted by Crippen LogP contribution is -2.19. The van der Waals surface area contributed by atoms with E-state index in [0.717, 1.165) is 28.8 Å². The Morgan fingerprint density at radius 2 is 2.13 bits per heavy atom. The molecule has 0 aromatic carbocycles. The number of fused-ring (bicyclic) bond motifs is 3. The average molecular weight is 326 g/mol. The second-order valence-electron chi connectivity index (χ2n) is 5.83. The number of aromatic amines is 1. The summed E-state index contributed by atoms with van der Waals surface area (Å²) in [4.78, 5) is 26.5. The minimum Gasteiger partial charge on any atom is -0.309 e. The molecule has 3 aromatic heterocycles. The van der Waals surface area contributed by atoms with Crippen molar-refractivity contribution >= 4 is 21.6 Å². The number of H-pyrrole nitrogens is 1. The molecule has 3 heterocycles. The maximum atomic E-state index is 12.4. The molecule has 1 aliphatic rings. The summed E-state index contributed by atoms with van der Waals surface area (Å²) in [7, 11) is 0. The van der Waals surface area contributed by atoms with Gasteiger partial charge in [0.1, 0.15) is 10.7 Å². The fourth-order valence-corrected chi connectivity index (χ4v) is 4.38. The summed E-state index contributed by atoms with van der Waals surface area (Å²) in [5.41, 5.74) is 2.21. The number of hydrogen-bond donors (Lipinski definition) is 2. The van der Waals surface area contributed by atoms with Crippen LogP contribution in [0.15, 0.2) is 29.2 Å². The zero-order valence-electron chi connectivity index (χ0n) is 12.8. The molecule has 3 aromatic rings. The molecule has 5 nitrogen and oxygen atoms in total. The third kappa shape index (κ3) is 2.92. The van der Waals surface area contributed by atoms with Crippen molar-refractivity contribution in [3.05, 3.63) is 56.7 Å². The molecule has 0 saturated heterocycles. The van der Waals surface area contributed by atoms with Gasteiger partial charge in [-0.05, 0) is 43.4 Å². The Morgan fingerprint density at radius 3 is 3.00 bits per heavy atom. The van der Waals surface area contributed by atoms with Gasteiger partial charge in [0.15, 0.2) is 0 Å². The van der Waals surface area contributed by atoms with Crippen LogP contribution in [0.2, 0.25) is 0 Å². The highest BCUT2D eigenvalue weighted by Gasteiger charge is 2.19. The van der Waals surface area contributed by atoms with E-state index in [1.165, 1.54) is 23.3 Å². The van der Waals surface area contributed by atoms with Gasteiger partial charge in [-0.2, -0.15) is 0 Å². The summed E-state index contributed by atoms with van der Waals surface area (Å²) in [6.07, 6.45) is 6.27. The molecule has 0 spiro atoms. The van der Waals surface area contributed by atoms with Crippen LogP contribution in [0.25, 0.3) is 10.2 Å². The van der Waals surface area contributed by atoms with E-state index in [1.807, 2.05) is 18.2 Å². The zero-order valence-corrected chi connectivity index (χ0v) is 13.6. The summed E-state index contributed by atoms with van der Waals surface area (Å²) in [6, 6.07) is 5.83. The molecular formula is C17H18N4OS. The minimum absolute atomic E-state index is 0.00374. The maximum absolute atomic E-state index is 12.4. The van der Waals surface area contributed by atoms with Gasteiger partial charge in [0, 0.05) is 17.6 Å². The second kappa shape index (κ2) is 6.22. The van der Waals surface area contributed by atoms with E-state index in [4.69, 9.17) is 0 Å². The molecule has 0 bridgehead atoms. The Hall–Kier alpha value is -2.05. The molecule has 0 amide bonds. The van der Waals surface area contributed by atoms with Gasteiger partial charge in [-0.1, -0.05) is 6.07 Å². The zero-order chi connectivity index (χ0) is 15.6. The highest BCUT2D eigenvalue weighted by Crippen LogP contribution is 2.33. The lowest BCUT2D eigenvalue weighted by Gasteiger charge is -2.09. The molecule has 2 N–H and O–H groups in total. The Bertz CT molecular complexity index is 885. The Labute approximate surface area is 137 Å². The summed E-state index contributed by atoms with van der Waals surface area (Å²) < 4.78 is 0. The van der Waals surface area contributed by atoms with E-state index >= 15 is 0 Å². The largest absolute Gasteiger partial charge is 0.309 e. The van der Waals surface area contributed by atoms with Crippen LogP contribution in [-0.4, -0.2) is 15.0 Å². The van der Waals surface area contributed by atoms with Gasteiger partial charge in [-0.3, -0.25) is 9.78 Å². The molecule has 6 heteroatoms. The van der Waals surface area contributed by atoms with Crippen molar-refractivity contribution in [3.8, 4) is 0 Å². The van der Waals surface area contributed by atoms with Crippen molar-refractivity contribution in [1.82, 2.24) is 20.3 Å². The van der Waals surface area contributed by atoms with Crippen molar-refractivity contribution in [2.24, 2.45) is 0 Å². The van der Waals surface area contributed by atoms with E-state index in [-0.39, 0.29) is 5.56 Å². The van der Waals surface area contributed by atoms with Crippen molar-refractivity contribution in [1.29, 1.82) is 0 Å². The molecule has 0 radical (unpaired) electrons. The molecule has 4 rings (SSSR count). The lowest BCUT2D eigenvalue weighted by molar-refractivity contribution is 0.652. The first-order valence-corrected chi connectivity index (χ1v) is 8.77. The fraction of sp³-hybridized carbons (Fsp3) is 0.353. The summed E-state index contributed by atoms with van der Waals surface area (Å²) >= 11 is 1.69. The van der Waals surface area contributed by atoms with Crippen LogP contribution in [0.1, 0.15) is 34.8 Å². The van der Waals surface area contributed by atoms with Crippen LogP contribution >= 0.6 is 11.3 Å². The molecule has 0 atom stereocenters. The average Bonchev–Trinajstić information content (AvgIpc) is 2.94. The van der Waals surface area contributed by atoms with Crippen molar-refractivity contribution in [3.63, 3.8) is 0 Å².